The molecule has 16 N–H and O–H groups in total. The van der Waals surface area contributed by atoms with E-state index in [1.807, 2.05) is 112 Å². The fourth-order valence-corrected chi connectivity index (χ4v) is 15.7. The van der Waals surface area contributed by atoms with Gasteiger partial charge in [0.05, 0.1) is 43.1 Å². The van der Waals surface area contributed by atoms with Crippen molar-refractivity contribution < 1.29 is 29.5 Å². The molecule has 2 aliphatic heterocycles. The number of aliphatic hydroxyl groups is 1. The Hall–Kier alpha value is -11.3. The molecule has 4 aromatic carbocycles. The summed E-state index contributed by atoms with van der Waals surface area (Å²) in [5, 5.41) is 84.0. The molecule has 0 radical (unpaired) electrons. The summed E-state index contributed by atoms with van der Waals surface area (Å²) < 4.78 is 5.53. The Morgan fingerprint density at radius 1 is 0.492 bits per heavy atom. The monoisotopic (exact) mass is 1640 g/mol. The minimum absolute atomic E-state index is 0.107. The molecule has 0 unspecified atom stereocenters. The number of fused-ring (bicyclic) bond motifs is 1. The molecule has 6 aliphatic rings. The van der Waals surface area contributed by atoms with Crippen LogP contribution in [0, 0.1) is 71.1 Å². The molecule has 6 heterocycles. The van der Waals surface area contributed by atoms with Crippen LogP contribution in [0.5, 0.6) is 5.75 Å². The van der Waals surface area contributed by atoms with Crippen molar-refractivity contribution in [2.45, 2.75) is 173 Å². The first-order valence-electron chi connectivity index (χ1n) is 40.6. The first-order chi connectivity index (χ1) is 57.0. The number of nitrogens with one attached hydrogen (secondary N) is 9. The highest BCUT2D eigenvalue weighted by Gasteiger charge is 2.34. The molecule has 1 saturated heterocycles. The van der Waals surface area contributed by atoms with E-state index in [-0.39, 0.29) is 70.3 Å². The van der Waals surface area contributed by atoms with Gasteiger partial charge in [-0.1, -0.05) is 72.3 Å². The number of rotatable bonds is 31. The van der Waals surface area contributed by atoms with Crippen molar-refractivity contribution in [3.8, 4) is 5.75 Å². The maximum atomic E-state index is 11.5. The summed E-state index contributed by atoms with van der Waals surface area (Å²) >= 11 is 6.51. The Bertz CT molecular complexity index is 4630. The average molecular weight is 1640 g/mol. The molecule has 4 saturated carbocycles. The van der Waals surface area contributed by atoms with E-state index >= 15 is 0 Å². The number of benzene rings is 4. The average Bonchev–Trinajstić information content (AvgIpc) is 1.21. The van der Waals surface area contributed by atoms with Crippen LogP contribution in [-0.4, -0.2) is 167 Å². The van der Waals surface area contributed by atoms with Crippen molar-refractivity contribution in [3.05, 3.63) is 189 Å². The van der Waals surface area contributed by atoms with Gasteiger partial charge in [-0.15, -0.1) is 0 Å². The number of ether oxygens (including phenoxy) is 1. The minimum Gasteiger partial charge on any atom is -0.493 e. The number of likely N-dealkylation sites (tertiary alicyclic amines) is 1. The molecule has 37 heteroatoms. The standard InChI is InChI=1S/C23H32ClN7O3.C20H26N6O3.C19H27N7O2.C19H26N6O2/c1-29(2)19-5-3-4-16(21(19)24)11-26-23-27-12-20(31(33)34)22(28-23)25-10-15-6-8-17(9-7-15)30-13-18(32)14-30;21-16-4-1-13(2-5-16)10-22-19-17(26(27)28)12-24-20(25-19)23-11-14-3-6-18-15(9-14)7-8-29-18;1-21-16-4-2-3-14(9-16)11-23-19-24-12-17(26(27)28)18(25-19)22-10-13-5-7-15(20)8-6-13;1-13-4-2-3-5-15(13)11-22-19-23-12-17(25(26)27)18(24-19)21-10-14-6-8-16(20)9-7-14/h3-5,12,15,17-18,32H,6-11,13-14H2,1-2H3,(H2,25,26,27,28);3,6,9,12-13,16H,1-2,4-5,7-8,10-11,21H2,(H2,22,23,24,25);2-4,9,12-13,15,21H,5-8,10-11,20H2,1H3,(H2,22,23,24,25);2-5,12,14,16H,6-11,20H2,1H3,(H2,21,22,23,24). The topological polar surface area (TPSA) is 498 Å². The highest BCUT2D eigenvalue weighted by molar-refractivity contribution is 6.34. The number of nitro groups is 4. The Kier molecular flexibility index (Phi) is 32.1. The van der Waals surface area contributed by atoms with E-state index in [0.717, 1.165) is 168 Å². The predicted octanol–water partition coefficient (Wildman–Crippen LogP) is 12.4. The minimum atomic E-state index is -0.463. The van der Waals surface area contributed by atoms with Crippen LogP contribution in [0.4, 0.5) is 81.2 Å². The van der Waals surface area contributed by atoms with Crippen molar-refractivity contribution in [1.82, 2.24) is 44.8 Å². The number of hydrogen-bond donors (Lipinski definition) is 13. The molecule has 4 aliphatic carbocycles. The second-order valence-electron chi connectivity index (χ2n) is 31.4. The zero-order valence-corrected chi connectivity index (χ0v) is 68.1. The number of halogens is 1. The molecule has 0 amide bonds. The number of aromatic nitrogens is 8. The molecule has 0 bridgehead atoms. The molecular weight excluding hydrogens is 1530 g/mol. The highest BCUT2D eigenvalue weighted by Crippen LogP contribution is 2.36. The van der Waals surface area contributed by atoms with Crippen LogP contribution >= 0.6 is 11.6 Å². The van der Waals surface area contributed by atoms with Gasteiger partial charge >= 0.3 is 22.7 Å². The van der Waals surface area contributed by atoms with Crippen LogP contribution in [-0.2, 0) is 32.6 Å². The third kappa shape index (κ3) is 25.8. The van der Waals surface area contributed by atoms with Gasteiger partial charge in [-0.3, -0.25) is 45.4 Å². The SMILES string of the molecule is CN(C)c1cccc(CNc2ncc([N+](=O)[O-])c(NCC3CCC(N4CC(O)C4)CC3)n2)c1Cl.CNc1cccc(CNc2ncc([N+](=O)[O-])c(NCC3CCC(N)CC3)n2)c1.Cc1ccccc1CNc1ncc([N+](=O)[O-])c(NCC2CCC(N)CC2)n1.NC1CCC(CNc2nc(NCc3ccc4c(c3)CCO4)ncc2[N+](=O)[O-])CC1. The van der Waals surface area contributed by atoms with Crippen molar-refractivity contribution in [1.29, 1.82) is 0 Å². The number of nitrogens with zero attached hydrogens (tertiary/aromatic N) is 14. The maximum absolute atomic E-state index is 11.5. The summed E-state index contributed by atoms with van der Waals surface area (Å²) in [5.74, 6) is 5.13. The number of β-amino-alcohol motifs (C(OH)–C–C–N with tert-alkyl or cyclic N) is 1. The van der Waals surface area contributed by atoms with Crippen LogP contribution in [0.1, 0.15) is 136 Å². The first-order valence-corrected chi connectivity index (χ1v) is 41.0. The number of anilines is 10. The van der Waals surface area contributed by atoms with Gasteiger partial charge in [-0.2, -0.15) is 19.9 Å². The number of hydrogen-bond acceptors (Lipinski definition) is 32. The smallest absolute Gasteiger partial charge is 0.329 e. The summed E-state index contributed by atoms with van der Waals surface area (Å²) in [5.41, 5.74) is 25.8. The quantitative estimate of drug-likeness (QED) is 0.0142. The molecule has 8 aromatic rings. The van der Waals surface area contributed by atoms with Gasteiger partial charge in [0.1, 0.15) is 30.5 Å². The molecule has 4 aromatic heterocycles. The normalized spacial score (nSPS) is 20.1. The van der Waals surface area contributed by atoms with E-state index < -0.39 is 19.7 Å². The van der Waals surface area contributed by atoms with E-state index in [2.05, 4.69) is 98.7 Å². The Morgan fingerprint density at radius 2 is 0.881 bits per heavy atom. The summed E-state index contributed by atoms with van der Waals surface area (Å²) in [4.78, 5) is 81.8. The summed E-state index contributed by atoms with van der Waals surface area (Å²) in [7, 11) is 5.72. The maximum Gasteiger partial charge on any atom is 0.329 e. The van der Waals surface area contributed by atoms with Crippen molar-refractivity contribution >= 4 is 92.8 Å². The van der Waals surface area contributed by atoms with Crippen LogP contribution in [0.3, 0.4) is 0 Å². The van der Waals surface area contributed by atoms with Crippen LogP contribution < -0.4 is 74.7 Å². The Labute approximate surface area is 691 Å². The van der Waals surface area contributed by atoms with Gasteiger partial charge in [0.25, 0.3) is 0 Å². The molecule has 0 spiro atoms. The fourth-order valence-electron chi connectivity index (χ4n) is 15.3. The van der Waals surface area contributed by atoms with Gasteiger partial charge in [0, 0.05) is 123 Å². The zero-order valence-electron chi connectivity index (χ0n) is 67.4. The van der Waals surface area contributed by atoms with E-state index in [0.29, 0.717) is 111 Å². The van der Waals surface area contributed by atoms with Crippen LogP contribution in [0.25, 0.3) is 0 Å². The summed E-state index contributed by atoms with van der Waals surface area (Å²) in [6.07, 6.45) is 22.2. The largest absolute Gasteiger partial charge is 0.493 e. The van der Waals surface area contributed by atoms with Crippen molar-refractivity contribution in [2.24, 2.45) is 40.9 Å². The van der Waals surface area contributed by atoms with Gasteiger partial charge in [0.15, 0.2) is 0 Å². The second kappa shape index (κ2) is 43.2. The van der Waals surface area contributed by atoms with Gasteiger partial charge < -0.3 is 79.8 Å². The van der Waals surface area contributed by atoms with E-state index in [9.17, 15) is 45.6 Å². The molecule has 0 atom stereocenters. The van der Waals surface area contributed by atoms with Gasteiger partial charge in [0.2, 0.25) is 47.1 Å². The lowest BCUT2D eigenvalue weighted by atomic mass is 9.84. The molecule has 36 nitrogen and oxygen atoms in total. The first kappa shape index (κ1) is 87.5. The van der Waals surface area contributed by atoms with Crippen molar-refractivity contribution in [3.63, 3.8) is 0 Å². The fraction of sp³-hybridized carbons (Fsp3) is 0.506. The third-order valence-electron chi connectivity index (χ3n) is 22.5. The molecule has 118 heavy (non-hydrogen) atoms. The second-order valence-corrected chi connectivity index (χ2v) is 31.7. The van der Waals surface area contributed by atoms with Crippen LogP contribution in [0.15, 0.2) is 110 Å². The van der Waals surface area contributed by atoms with E-state index in [4.69, 9.17) is 33.5 Å². The number of aliphatic hydroxyl groups excluding tert-OH is 1. The lowest BCUT2D eigenvalue weighted by Crippen LogP contribution is -2.56. The van der Waals surface area contributed by atoms with Crippen molar-refractivity contribution in [2.75, 3.05) is 120 Å². The molecular formula is C81H111ClN26O10. The van der Waals surface area contributed by atoms with E-state index in [1.54, 1.807) is 0 Å². The Morgan fingerprint density at radius 3 is 1.29 bits per heavy atom. The summed E-state index contributed by atoms with van der Waals surface area (Å²) in [6, 6.07) is 29.2. The van der Waals surface area contributed by atoms with Crippen LogP contribution in [0.2, 0.25) is 5.02 Å². The van der Waals surface area contributed by atoms with Gasteiger partial charge in [-0.05, 0) is 191 Å². The lowest BCUT2D eigenvalue weighted by molar-refractivity contribution is -0.384. The highest BCUT2D eigenvalue weighted by atomic mass is 35.5. The van der Waals surface area contributed by atoms with E-state index in [1.165, 1.54) is 35.9 Å². The third-order valence-corrected chi connectivity index (χ3v) is 23.0. The lowest BCUT2D eigenvalue weighted by Gasteiger charge is -2.44. The number of nitrogens with two attached hydrogens (primary N) is 3. The molecule has 14 rings (SSSR count). The Balaban J connectivity index is 0.000000155. The summed E-state index contributed by atoms with van der Waals surface area (Å²) in [6.45, 7) is 8.91. The zero-order chi connectivity index (χ0) is 83.6. The molecule has 632 valence electrons. The number of aryl methyl sites for hydroxylation is 1. The molecule has 5 fully saturated rings. The van der Waals surface area contributed by atoms with Gasteiger partial charge in [-0.25, -0.2) is 19.9 Å². The predicted molar refractivity (Wildman–Crippen MR) is 460 cm³/mol.